The van der Waals surface area contributed by atoms with Crippen LogP contribution in [0, 0.1) is 0 Å². The van der Waals surface area contributed by atoms with Crippen molar-refractivity contribution in [1.82, 2.24) is 9.78 Å². The largest absolute Gasteiger partial charge is 0.382 e. The molecule has 0 amide bonds. The predicted octanol–water partition coefficient (Wildman–Crippen LogP) is 1.66. The standard InChI is InChI=1S/C9H15N3/c1-12-8(6-9(10)11-12)7-4-2-3-5-7/h6-7H,2-5H2,1H3,(H2,10,11). The maximum atomic E-state index is 5.62. The molecule has 12 heavy (non-hydrogen) atoms. The van der Waals surface area contributed by atoms with Crippen molar-refractivity contribution in [2.45, 2.75) is 31.6 Å². The lowest BCUT2D eigenvalue weighted by atomic mass is 10.0. The second-order valence-electron chi connectivity index (χ2n) is 3.60. The van der Waals surface area contributed by atoms with Gasteiger partial charge in [0.15, 0.2) is 0 Å². The zero-order valence-electron chi connectivity index (χ0n) is 7.45. The van der Waals surface area contributed by atoms with Crippen molar-refractivity contribution in [2.75, 3.05) is 5.73 Å². The van der Waals surface area contributed by atoms with E-state index in [-0.39, 0.29) is 0 Å². The molecule has 66 valence electrons. The summed E-state index contributed by atoms with van der Waals surface area (Å²) in [5.74, 6) is 1.36. The van der Waals surface area contributed by atoms with Gasteiger partial charge in [-0.2, -0.15) is 5.10 Å². The van der Waals surface area contributed by atoms with Crippen molar-refractivity contribution in [3.05, 3.63) is 11.8 Å². The van der Waals surface area contributed by atoms with E-state index in [1.54, 1.807) is 0 Å². The Bertz CT molecular complexity index is 271. The third kappa shape index (κ3) is 1.19. The van der Waals surface area contributed by atoms with Gasteiger partial charge in [-0.3, -0.25) is 4.68 Å². The van der Waals surface area contributed by atoms with Crippen molar-refractivity contribution in [2.24, 2.45) is 7.05 Å². The maximum Gasteiger partial charge on any atom is 0.145 e. The van der Waals surface area contributed by atoms with Gasteiger partial charge >= 0.3 is 0 Å². The van der Waals surface area contributed by atoms with Gasteiger partial charge in [-0.1, -0.05) is 12.8 Å². The first-order chi connectivity index (χ1) is 5.77. The summed E-state index contributed by atoms with van der Waals surface area (Å²) in [5, 5.41) is 4.15. The van der Waals surface area contributed by atoms with Gasteiger partial charge in [-0.15, -0.1) is 0 Å². The van der Waals surface area contributed by atoms with Gasteiger partial charge in [0, 0.05) is 24.7 Å². The summed E-state index contributed by atoms with van der Waals surface area (Å²) in [7, 11) is 1.98. The van der Waals surface area contributed by atoms with E-state index in [0.717, 1.165) is 0 Å². The highest BCUT2D eigenvalue weighted by molar-refractivity contribution is 5.31. The molecule has 3 nitrogen and oxygen atoms in total. The number of rotatable bonds is 1. The van der Waals surface area contributed by atoms with E-state index in [1.807, 2.05) is 17.8 Å². The molecule has 0 aliphatic heterocycles. The van der Waals surface area contributed by atoms with Crippen LogP contribution in [0.3, 0.4) is 0 Å². The van der Waals surface area contributed by atoms with Crippen LogP contribution in [-0.2, 0) is 7.05 Å². The molecule has 0 atom stereocenters. The number of hydrogen-bond donors (Lipinski definition) is 1. The Hall–Kier alpha value is -0.990. The Labute approximate surface area is 72.6 Å². The van der Waals surface area contributed by atoms with Gasteiger partial charge in [-0.25, -0.2) is 0 Å². The normalized spacial score (nSPS) is 18.8. The van der Waals surface area contributed by atoms with Crippen molar-refractivity contribution in [3.63, 3.8) is 0 Å². The second-order valence-corrected chi connectivity index (χ2v) is 3.60. The quantitative estimate of drug-likeness (QED) is 0.687. The lowest BCUT2D eigenvalue weighted by molar-refractivity contribution is 0.618. The Balaban J connectivity index is 2.25. The molecular formula is C9H15N3. The average molecular weight is 165 g/mol. The monoisotopic (exact) mass is 165 g/mol. The van der Waals surface area contributed by atoms with Crippen molar-refractivity contribution in [1.29, 1.82) is 0 Å². The zero-order valence-corrected chi connectivity index (χ0v) is 7.45. The van der Waals surface area contributed by atoms with Gasteiger partial charge in [0.1, 0.15) is 5.82 Å². The van der Waals surface area contributed by atoms with Crippen LogP contribution >= 0.6 is 0 Å². The van der Waals surface area contributed by atoms with Crippen LogP contribution in [0.15, 0.2) is 6.07 Å². The lowest BCUT2D eigenvalue weighted by Gasteiger charge is -2.07. The number of nitrogens with zero attached hydrogens (tertiary/aromatic N) is 2. The van der Waals surface area contributed by atoms with Gasteiger partial charge in [0.25, 0.3) is 0 Å². The molecule has 3 heteroatoms. The number of aromatic nitrogens is 2. The van der Waals surface area contributed by atoms with Crippen molar-refractivity contribution >= 4 is 5.82 Å². The first-order valence-electron chi connectivity index (χ1n) is 4.57. The summed E-state index contributed by atoms with van der Waals surface area (Å²) in [6.45, 7) is 0. The molecular weight excluding hydrogens is 150 g/mol. The fourth-order valence-electron chi connectivity index (χ4n) is 2.11. The van der Waals surface area contributed by atoms with E-state index >= 15 is 0 Å². The van der Waals surface area contributed by atoms with E-state index in [1.165, 1.54) is 31.4 Å². The van der Waals surface area contributed by atoms with E-state index in [2.05, 4.69) is 5.10 Å². The Morgan fingerprint density at radius 2 is 2.17 bits per heavy atom. The number of aryl methyl sites for hydroxylation is 1. The molecule has 1 aliphatic carbocycles. The minimum absolute atomic E-state index is 0.652. The highest BCUT2D eigenvalue weighted by Gasteiger charge is 2.20. The summed E-state index contributed by atoms with van der Waals surface area (Å²) < 4.78 is 1.92. The summed E-state index contributed by atoms with van der Waals surface area (Å²) in [6.07, 6.45) is 5.32. The minimum Gasteiger partial charge on any atom is -0.382 e. The Morgan fingerprint density at radius 3 is 2.67 bits per heavy atom. The topological polar surface area (TPSA) is 43.8 Å². The number of nitrogens with two attached hydrogens (primary N) is 1. The highest BCUT2D eigenvalue weighted by atomic mass is 15.3. The highest BCUT2D eigenvalue weighted by Crippen LogP contribution is 2.34. The molecule has 1 aliphatic rings. The fourth-order valence-corrected chi connectivity index (χ4v) is 2.11. The molecule has 1 aromatic rings. The van der Waals surface area contributed by atoms with Crippen LogP contribution < -0.4 is 5.73 Å². The van der Waals surface area contributed by atoms with E-state index in [4.69, 9.17) is 5.73 Å². The molecule has 1 heterocycles. The molecule has 1 fully saturated rings. The molecule has 1 saturated carbocycles. The van der Waals surface area contributed by atoms with Crippen LogP contribution in [-0.4, -0.2) is 9.78 Å². The molecule has 0 spiro atoms. The Morgan fingerprint density at radius 1 is 1.50 bits per heavy atom. The van der Waals surface area contributed by atoms with E-state index in [9.17, 15) is 0 Å². The van der Waals surface area contributed by atoms with Crippen LogP contribution in [0.25, 0.3) is 0 Å². The molecule has 2 N–H and O–H groups in total. The number of hydrogen-bond acceptors (Lipinski definition) is 2. The fraction of sp³-hybridized carbons (Fsp3) is 0.667. The van der Waals surface area contributed by atoms with Gasteiger partial charge in [0.2, 0.25) is 0 Å². The Kier molecular flexibility index (Phi) is 1.79. The summed E-state index contributed by atoms with van der Waals surface area (Å²) in [5.41, 5.74) is 6.93. The number of anilines is 1. The smallest absolute Gasteiger partial charge is 0.145 e. The van der Waals surface area contributed by atoms with Gasteiger partial charge in [0.05, 0.1) is 0 Å². The van der Waals surface area contributed by atoms with Crippen molar-refractivity contribution < 1.29 is 0 Å². The van der Waals surface area contributed by atoms with Crippen molar-refractivity contribution in [3.8, 4) is 0 Å². The summed E-state index contributed by atoms with van der Waals surface area (Å²) in [6, 6.07) is 2.01. The molecule has 2 rings (SSSR count). The molecule has 0 unspecified atom stereocenters. The van der Waals surface area contributed by atoms with E-state index < -0.39 is 0 Å². The zero-order chi connectivity index (χ0) is 8.55. The summed E-state index contributed by atoms with van der Waals surface area (Å²) in [4.78, 5) is 0. The molecule has 0 radical (unpaired) electrons. The second kappa shape index (κ2) is 2.81. The first-order valence-corrected chi connectivity index (χ1v) is 4.57. The van der Waals surface area contributed by atoms with E-state index in [0.29, 0.717) is 11.7 Å². The SMILES string of the molecule is Cn1nc(N)cc1C1CCCC1. The van der Waals surface area contributed by atoms with Gasteiger partial charge in [-0.05, 0) is 12.8 Å². The predicted molar refractivity (Wildman–Crippen MR) is 48.8 cm³/mol. The van der Waals surface area contributed by atoms with Crippen LogP contribution in [0.4, 0.5) is 5.82 Å². The third-order valence-corrected chi connectivity index (χ3v) is 2.71. The molecule has 1 aromatic heterocycles. The molecule has 0 bridgehead atoms. The average Bonchev–Trinajstić information content (AvgIpc) is 2.58. The summed E-state index contributed by atoms with van der Waals surface area (Å²) >= 11 is 0. The lowest BCUT2D eigenvalue weighted by Crippen LogP contribution is -2.02. The third-order valence-electron chi connectivity index (χ3n) is 2.71. The number of nitrogen functional groups attached to an aromatic ring is 1. The maximum absolute atomic E-state index is 5.62. The molecule has 0 aromatic carbocycles. The molecule has 0 saturated heterocycles. The van der Waals surface area contributed by atoms with Crippen LogP contribution in [0.1, 0.15) is 37.3 Å². The first kappa shape index (κ1) is 7.65. The van der Waals surface area contributed by atoms with Crippen LogP contribution in [0.5, 0.6) is 0 Å². The minimum atomic E-state index is 0.652. The van der Waals surface area contributed by atoms with Gasteiger partial charge < -0.3 is 5.73 Å². The van der Waals surface area contributed by atoms with Crippen LogP contribution in [0.2, 0.25) is 0 Å².